The van der Waals surface area contributed by atoms with Gasteiger partial charge in [-0.05, 0) is 37.6 Å². The van der Waals surface area contributed by atoms with Crippen molar-refractivity contribution in [3.63, 3.8) is 0 Å². The summed E-state index contributed by atoms with van der Waals surface area (Å²) < 4.78 is 10.9. The van der Waals surface area contributed by atoms with Gasteiger partial charge in [0.25, 0.3) is 11.7 Å². The molecule has 1 unspecified atom stereocenters. The fourth-order valence-electron chi connectivity index (χ4n) is 4.36. The van der Waals surface area contributed by atoms with Gasteiger partial charge in [-0.3, -0.25) is 14.5 Å². The first kappa shape index (κ1) is 24.3. The van der Waals surface area contributed by atoms with E-state index in [0.717, 1.165) is 24.2 Å². The molecule has 1 atom stereocenters. The molecule has 2 saturated heterocycles. The molecule has 0 spiro atoms. The number of morpholine rings is 1. The summed E-state index contributed by atoms with van der Waals surface area (Å²) >= 11 is 6.32. The van der Waals surface area contributed by atoms with Gasteiger partial charge in [0.2, 0.25) is 0 Å². The van der Waals surface area contributed by atoms with Crippen LogP contribution in [-0.4, -0.2) is 72.6 Å². The Morgan fingerprint density at radius 3 is 2.47 bits per heavy atom. The summed E-state index contributed by atoms with van der Waals surface area (Å²) in [5.74, 6) is -1.07. The van der Waals surface area contributed by atoms with Crippen LogP contribution in [0.3, 0.4) is 0 Å². The Labute approximate surface area is 204 Å². The van der Waals surface area contributed by atoms with Crippen LogP contribution in [-0.2, 0) is 14.3 Å². The molecule has 0 saturated carbocycles. The lowest BCUT2D eigenvalue weighted by atomic mass is 9.94. The van der Waals surface area contributed by atoms with Gasteiger partial charge in [0.05, 0.1) is 36.5 Å². The van der Waals surface area contributed by atoms with E-state index in [4.69, 9.17) is 21.1 Å². The highest BCUT2D eigenvalue weighted by atomic mass is 35.5. The lowest BCUT2D eigenvalue weighted by Crippen LogP contribution is -2.42. The number of carbonyl (C=O) groups is 2. The molecule has 8 heteroatoms. The molecular formula is C26H29ClN2O5. The zero-order valence-corrected chi connectivity index (χ0v) is 20.2. The van der Waals surface area contributed by atoms with E-state index in [-0.39, 0.29) is 11.3 Å². The third-order valence-corrected chi connectivity index (χ3v) is 6.49. The number of rotatable bonds is 7. The minimum Gasteiger partial charge on any atom is -0.507 e. The predicted molar refractivity (Wildman–Crippen MR) is 130 cm³/mol. The molecule has 2 aromatic rings. The second-order valence-electron chi connectivity index (χ2n) is 8.44. The van der Waals surface area contributed by atoms with Crippen molar-refractivity contribution in [2.45, 2.75) is 19.9 Å². The van der Waals surface area contributed by atoms with Crippen LogP contribution < -0.4 is 4.74 Å². The average Bonchev–Trinajstić information content (AvgIpc) is 3.09. The van der Waals surface area contributed by atoms with E-state index >= 15 is 0 Å². The Kier molecular flexibility index (Phi) is 7.56. The molecule has 0 radical (unpaired) electrons. The summed E-state index contributed by atoms with van der Waals surface area (Å²) in [5.41, 5.74) is 2.26. The van der Waals surface area contributed by atoms with Gasteiger partial charge in [-0.25, -0.2) is 0 Å². The second kappa shape index (κ2) is 10.6. The van der Waals surface area contributed by atoms with Crippen LogP contribution in [0, 0.1) is 6.92 Å². The molecule has 4 rings (SSSR count). The smallest absolute Gasteiger partial charge is 0.295 e. The van der Waals surface area contributed by atoms with Crippen LogP contribution in [0.15, 0.2) is 48.0 Å². The summed E-state index contributed by atoms with van der Waals surface area (Å²) in [6.07, 6.45) is 0. The molecule has 1 N–H and O–H groups in total. The zero-order valence-electron chi connectivity index (χ0n) is 19.4. The van der Waals surface area contributed by atoms with Crippen LogP contribution in [0.2, 0.25) is 5.02 Å². The minimum atomic E-state index is -0.699. The van der Waals surface area contributed by atoms with E-state index in [1.54, 1.807) is 23.1 Å². The Morgan fingerprint density at radius 1 is 1.12 bits per heavy atom. The number of ether oxygens (including phenoxy) is 2. The largest absolute Gasteiger partial charge is 0.507 e. The third kappa shape index (κ3) is 4.97. The number of aliphatic hydroxyl groups excluding tert-OH is 1. The molecule has 2 aromatic carbocycles. The first-order chi connectivity index (χ1) is 16.4. The molecule has 2 aliphatic heterocycles. The fraction of sp³-hybridized carbons (Fsp3) is 0.385. The van der Waals surface area contributed by atoms with Crippen molar-refractivity contribution in [3.05, 3.63) is 69.8 Å². The van der Waals surface area contributed by atoms with Crippen molar-refractivity contribution in [1.29, 1.82) is 0 Å². The zero-order chi connectivity index (χ0) is 24.2. The Balaban J connectivity index is 1.73. The second-order valence-corrected chi connectivity index (χ2v) is 8.84. The van der Waals surface area contributed by atoms with Crippen molar-refractivity contribution >= 4 is 29.1 Å². The maximum atomic E-state index is 13.2. The van der Waals surface area contributed by atoms with E-state index < -0.39 is 17.7 Å². The quantitative estimate of drug-likeness (QED) is 0.366. The standard InChI is InChI=1S/C26H29ClN2O5/c1-3-34-21-9-8-19(16-20(21)27)24(30)22-23(18-6-4-17(2)5-7-18)29(26(32)25(22)31)11-10-28-12-14-33-15-13-28/h4-9,16,23,30H,3,10-15H2,1-2H3/b24-22+. The number of likely N-dealkylation sites (tertiary alicyclic amines) is 1. The Bertz CT molecular complexity index is 1090. The first-order valence-corrected chi connectivity index (χ1v) is 11.9. The third-order valence-electron chi connectivity index (χ3n) is 6.20. The molecule has 2 heterocycles. The van der Waals surface area contributed by atoms with Crippen molar-refractivity contribution < 1.29 is 24.2 Å². The van der Waals surface area contributed by atoms with Crippen LogP contribution >= 0.6 is 11.6 Å². The van der Waals surface area contributed by atoms with Crippen molar-refractivity contribution in [2.24, 2.45) is 0 Å². The molecule has 0 bridgehead atoms. The maximum absolute atomic E-state index is 13.2. The normalized spacial score (nSPS) is 20.7. The van der Waals surface area contributed by atoms with E-state index in [1.165, 1.54) is 0 Å². The summed E-state index contributed by atoms with van der Waals surface area (Å²) in [6.45, 7) is 8.13. The summed E-state index contributed by atoms with van der Waals surface area (Å²) in [7, 11) is 0. The Hall–Kier alpha value is -2.87. The summed E-state index contributed by atoms with van der Waals surface area (Å²) in [4.78, 5) is 30.1. The van der Waals surface area contributed by atoms with Crippen LogP contribution in [0.1, 0.15) is 29.7 Å². The number of halogens is 1. The van der Waals surface area contributed by atoms with E-state index in [1.807, 2.05) is 38.1 Å². The number of amides is 1. The Morgan fingerprint density at radius 2 is 1.82 bits per heavy atom. The van der Waals surface area contributed by atoms with E-state index in [9.17, 15) is 14.7 Å². The minimum absolute atomic E-state index is 0.0658. The molecular weight excluding hydrogens is 456 g/mol. The monoisotopic (exact) mass is 484 g/mol. The molecule has 180 valence electrons. The van der Waals surface area contributed by atoms with Gasteiger partial charge in [0.15, 0.2) is 0 Å². The van der Waals surface area contributed by atoms with Gasteiger partial charge in [0.1, 0.15) is 11.5 Å². The van der Waals surface area contributed by atoms with Gasteiger partial charge in [-0.2, -0.15) is 0 Å². The molecule has 34 heavy (non-hydrogen) atoms. The molecule has 0 aromatic heterocycles. The number of Topliss-reactive ketones (excluding diaryl/α,β-unsaturated/α-hetero) is 1. The lowest BCUT2D eigenvalue weighted by Gasteiger charge is -2.31. The average molecular weight is 485 g/mol. The number of aliphatic hydroxyl groups is 1. The van der Waals surface area contributed by atoms with Crippen molar-refractivity contribution in [3.8, 4) is 5.75 Å². The van der Waals surface area contributed by atoms with Gasteiger partial charge in [0, 0.05) is 31.7 Å². The summed E-state index contributed by atoms with van der Waals surface area (Å²) in [5, 5.41) is 11.5. The number of aryl methyl sites for hydroxylation is 1. The van der Waals surface area contributed by atoms with Gasteiger partial charge in [-0.15, -0.1) is 0 Å². The highest BCUT2D eigenvalue weighted by Crippen LogP contribution is 2.40. The van der Waals surface area contributed by atoms with Gasteiger partial charge < -0.3 is 19.5 Å². The number of hydrogen-bond acceptors (Lipinski definition) is 6. The van der Waals surface area contributed by atoms with Crippen LogP contribution in [0.5, 0.6) is 5.75 Å². The first-order valence-electron chi connectivity index (χ1n) is 11.5. The molecule has 7 nitrogen and oxygen atoms in total. The van der Waals surface area contributed by atoms with E-state index in [2.05, 4.69) is 4.90 Å². The maximum Gasteiger partial charge on any atom is 0.295 e. The fourth-order valence-corrected chi connectivity index (χ4v) is 4.59. The number of carbonyl (C=O) groups excluding carboxylic acids is 2. The predicted octanol–water partition coefficient (Wildman–Crippen LogP) is 3.80. The molecule has 0 aliphatic carbocycles. The number of nitrogens with zero attached hydrogens (tertiary/aromatic N) is 2. The topological polar surface area (TPSA) is 79.3 Å². The van der Waals surface area contributed by atoms with E-state index in [0.29, 0.717) is 49.2 Å². The van der Waals surface area contributed by atoms with Crippen LogP contribution in [0.25, 0.3) is 5.76 Å². The van der Waals surface area contributed by atoms with Crippen molar-refractivity contribution in [2.75, 3.05) is 46.0 Å². The summed E-state index contributed by atoms with van der Waals surface area (Å²) in [6, 6.07) is 11.8. The number of ketones is 1. The van der Waals surface area contributed by atoms with Gasteiger partial charge in [-0.1, -0.05) is 41.4 Å². The van der Waals surface area contributed by atoms with Gasteiger partial charge >= 0.3 is 0 Å². The molecule has 1 amide bonds. The highest BCUT2D eigenvalue weighted by Gasteiger charge is 2.46. The van der Waals surface area contributed by atoms with Crippen LogP contribution in [0.4, 0.5) is 0 Å². The molecule has 2 aliphatic rings. The molecule has 2 fully saturated rings. The SMILES string of the molecule is CCOc1ccc(/C(O)=C2\C(=O)C(=O)N(CCN3CCOCC3)C2c2ccc(C)cc2)cc1Cl. The highest BCUT2D eigenvalue weighted by molar-refractivity contribution is 6.46. The number of benzene rings is 2. The van der Waals surface area contributed by atoms with Crippen molar-refractivity contribution in [1.82, 2.24) is 9.80 Å². The number of hydrogen-bond donors (Lipinski definition) is 1. The lowest BCUT2D eigenvalue weighted by molar-refractivity contribution is -0.140.